The number of benzene rings is 1. The van der Waals surface area contributed by atoms with Crippen molar-refractivity contribution in [1.82, 2.24) is 25.0 Å². The van der Waals surface area contributed by atoms with Crippen LogP contribution < -0.4 is 10.2 Å². The molecule has 3 atom stereocenters. The van der Waals surface area contributed by atoms with Crippen molar-refractivity contribution in [3.63, 3.8) is 0 Å². The largest absolute Gasteiger partial charge is 0.416 e. The molecule has 4 heterocycles. The molecule has 0 aliphatic carbocycles. The predicted molar refractivity (Wildman–Crippen MR) is 163 cm³/mol. The van der Waals surface area contributed by atoms with Gasteiger partial charge in [0.2, 0.25) is 5.91 Å². The number of hydrogen-bond acceptors (Lipinski definition) is 7. The van der Waals surface area contributed by atoms with E-state index in [0.29, 0.717) is 12.6 Å². The van der Waals surface area contributed by atoms with Gasteiger partial charge < -0.3 is 25.1 Å². The Balaban J connectivity index is 0.000000281. The maximum absolute atomic E-state index is 12.8. The molecular weight excluding hydrogens is 573 g/mol. The molecule has 44 heavy (non-hydrogen) atoms. The summed E-state index contributed by atoms with van der Waals surface area (Å²) in [4.78, 5) is 38.2. The number of alkyl halides is 3. The van der Waals surface area contributed by atoms with E-state index in [4.69, 9.17) is 0 Å². The molecule has 5 rings (SSSR count). The van der Waals surface area contributed by atoms with E-state index in [1.807, 2.05) is 18.3 Å². The predicted octanol–water partition coefficient (Wildman–Crippen LogP) is 3.49. The number of aliphatic hydroxyl groups is 1. The molecule has 9 nitrogen and oxygen atoms in total. The van der Waals surface area contributed by atoms with E-state index in [-0.39, 0.29) is 36.7 Å². The number of anilines is 1. The molecule has 0 bridgehead atoms. The summed E-state index contributed by atoms with van der Waals surface area (Å²) in [5.41, 5.74) is -1.02. The summed E-state index contributed by atoms with van der Waals surface area (Å²) in [5.74, 6) is 0.189. The minimum Gasteiger partial charge on any atom is -0.396 e. The van der Waals surface area contributed by atoms with Crippen LogP contribution in [0.25, 0.3) is 0 Å². The zero-order chi connectivity index (χ0) is 31.7. The number of carbonyl (C=O) groups excluding carboxylic acids is 2. The number of aromatic nitrogens is 1. The smallest absolute Gasteiger partial charge is 0.396 e. The average molecular weight is 619 g/mol. The summed E-state index contributed by atoms with van der Waals surface area (Å²) in [6, 6.07) is 10.9. The highest BCUT2D eigenvalue weighted by Crippen LogP contribution is 2.34. The van der Waals surface area contributed by atoms with Crippen LogP contribution >= 0.6 is 0 Å². The van der Waals surface area contributed by atoms with Gasteiger partial charge >= 0.3 is 6.18 Å². The van der Waals surface area contributed by atoms with Crippen LogP contribution in [0, 0.1) is 0 Å². The molecule has 1 aromatic carbocycles. The molecule has 1 aromatic heterocycles. The zero-order valence-corrected chi connectivity index (χ0v) is 25.7. The Hall–Kier alpha value is -3.22. The van der Waals surface area contributed by atoms with Gasteiger partial charge in [-0.05, 0) is 63.1 Å². The van der Waals surface area contributed by atoms with Crippen LogP contribution in [0.2, 0.25) is 0 Å². The maximum Gasteiger partial charge on any atom is 0.416 e. The van der Waals surface area contributed by atoms with E-state index in [0.717, 1.165) is 82.8 Å². The maximum atomic E-state index is 12.8. The number of nitrogens with zero attached hydrogens (tertiary/aromatic N) is 5. The molecule has 0 spiro atoms. The highest BCUT2D eigenvalue weighted by molar-refractivity contribution is 5.96. The molecule has 12 heteroatoms. The fourth-order valence-corrected chi connectivity index (χ4v) is 6.51. The van der Waals surface area contributed by atoms with E-state index in [1.54, 1.807) is 4.90 Å². The van der Waals surface area contributed by atoms with E-state index < -0.39 is 17.6 Å². The van der Waals surface area contributed by atoms with E-state index >= 15 is 0 Å². The number of nitrogens with one attached hydrogen (secondary N) is 1. The number of fused-ring (bicyclic) bond motifs is 1. The number of amides is 2. The highest BCUT2D eigenvalue weighted by atomic mass is 19.4. The van der Waals surface area contributed by atoms with Gasteiger partial charge in [-0.2, -0.15) is 13.2 Å². The summed E-state index contributed by atoms with van der Waals surface area (Å²) in [6.45, 7) is 7.95. The van der Waals surface area contributed by atoms with Crippen LogP contribution in [-0.4, -0.2) is 114 Å². The molecule has 3 fully saturated rings. The number of piperazine rings is 1. The third-order valence-corrected chi connectivity index (χ3v) is 8.82. The first-order valence-corrected chi connectivity index (χ1v) is 15.6. The van der Waals surface area contributed by atoms with Crippen molar-refractivity contribution in [2.45, 2.75) is 63.3 Å². The Labute approximate surface area is 258 Å². The van der Waals surface area contributed by atoms with Crippen molar-refractivity contribution < 1.29 is 27.9 Å². The van der Waals surface area contributed by atoms with Gasteiger partial charge in [0.1, 0.15) is 5.82 Å². The molecule has 0 saturated carbocycles. The summed E-state index contributed by atoms with van der Waals surface area (Å²) >= 11 is 0. The van der Waals surface area contributed by atoms with Crippen LogP contribution in [0.3, 0.4) is 0 Å². The minimum atomic E-state index is -4.53. The van der Waals surface area contributed by atoms with Crippen molar-refractivity contribution in [3.05, 3.63) is 59.8 Å². The van der Waals surface area contributed by atoms with Gasteiger partial charge in [0.15, 0.2) is 0 Å². The lowest BCUT2D eigenvalue weighted by Crippen LogP contribution is -2.46. The van der Waals surface area contributed by atoms with Crippen molar-refractivity contribution in [2.24, 2.45) is 0 Å². The second kappa shape index (κ2) is 15.7. The van der Waals surface area contributed by atoms with Crippen LogP contribution in [0.15, 0.2) is 48.7 Å². The average Bonchev–Trinajstić information content (AvgIpc) is 3.63. The Bertz CT molecular complexity index is 1200. The SMILES string of the molecule is CCCC(CCO)N1CC[C@@H]2C1CCN2C(=O)CNC(=O)c1cccc(C(F)(F)F)c1.CN1CCN(c2ccccn2)CC1. The first kappa shape index (κ1) is 33.7. The van der Waals surface area contributed by atoms with E-state index in [9.17, 15) is 27.9 Å². The number of likely N-dealkylation sites (N-methyl/N-ethyl adjacent to an activating group) is 1. The molecule has 2 aromatic rings. The number of likely N-dealkylation sites (tertiary alicyclic amines) is 2. The van der Waals surface area contributed by atoms with Gasteiger partial charge in [-0.15, -0.1) is 0 Å². The van der Waals surface area contributed by atoms with Gasteiger partial charge in [-0.25, -0.2) is 4.98 Å². The molecule has 2 unspecified atom stereocenters. The van der Waals surface area contributed by atoms with E-state index in [1.165, 1.54) is 12.1 Å². The van der Waals surface area contributed by atoms with Crippen molar-refractivity contribution in [1.29, 1.82) is 0 Å². The Morgan fingerprint density at radius 3 is 2.41 bits per heavy atom. The number of aliphatic hydroxyl groups excluding tert-OH is 1. The molecular formula is C32H45F3N6O3. The number of pyridine rings is 1. The Morgan fingerprint density at radius 1 is 1.00 bits per heavy atom. The third kappa shape index (κ3) is 8.70. The van der Waals surface area contributed by atoms with Crippen LogP contribution in [0.5, 0.6) is 0 Å². The van der Waals surface area contributed by atoms with Crippen molar-refractivity contribution in [2.75, 3.05) is 64.4 Å². The number of rotatable bonds is 9. The zero-order valence-electron chi connectivity index (χ0n) is 25.7. The summed E-state index contributed by atoms with van der Waals surface area (Å²) in [7, 11) is 2.16. The standard InChI is InChI=1S/C22H30F3N3O3.C10H15N3/c1-2-4-17(9-12-29)27-10-7-19-18(27)8-11-28(19)20(30)14-26-21(31)15-5-3-6-16(13-15)22(23,24)25;1-12-6-8-13(9-7-12)10-4-2-3-5-11-10/h3,5-6,13,17-19,29H,2,4,7-12,14H2,1H3,(H,26,31);2-5H,6-9H2,1H3/t17?,18?,19-;/m1./s1. The molecule has 0 radical (unpaired) electrons. The fourth-order valence-electron chi connectivity index (χ4n) is 6.51. The van der Waals surface area contributed by atoms with Gasteiger partial charge in [-0.1, -0.05) is 25.5 Å². The number of carbonyl (C=O) groups is 2. The summed E-state index contributed by atoms with van der Waals surface area (Å²) in [6.07, 6.45) is 1.78. The second-order valence-electron chi connectivity index (χ2n) is 11.7. The lowest BCUT2D eigenvalue weighted by molar-refractivity contribution is -0.137. The molecule has 242 valence electrons. The lowest BCUT2D eigenvalue weighted by atomic mass is 10.0. The highest BCUT2D eigenvalue weighted by Gasteiger charge is 2.45. The minimum absolute atomic E-state index is 0.0796. The van der Waals surface area contributed by atoms with Crippen molar-refractivity contribution in [3.8, 4) is 0 Å². The number of halogens is 3. The molecule has 3 aliphatic rings. The first-order chi connectivity index (χ1) is 21.1. The second-order valence-corrected chi connectivity index (χ2v) is 11.7. The van der Waals surface area contributed by atoms with Gasteiger partial charge in [0.25, 0.3) is 5.91 Å². The van der Waals surface area contributed by atoms with Gasteiger partial charge in [0, 0.05) is 75.8 Å². The van der Waals surface area contributed by atoms with Crippen molar-refractivity contribution >= 4 is 17.6 Å². The Morgan fingerprint density at radius 2 is 1.75 bits per heavy atom. The normalized spacial score (nSPS) is 21.4. The molecule has 3 saturated heterocycles. The summed E-state index contributed by atoms with van der Waals surface area (Å²) in [5, 5.41) is 11.9. The fraction of sp³-hybridized carbons (Fsp3) is 0.594. The van der Waals surface area contributed by atoms with E-state index in [2.05, 4.69) is 45.0 Å². The molecule has 2 amide bonds. The number of hydrogen-bond donors (Lipinski definition) is 2. The van der Waals surface area contributed by atoms with Gasteiger partial charge in [0.05, 0.1) is 12.1 Å². The topological polar surface area (TPSA) is 92.2 Å². The monoisotopic (exact) mass is 618 g/mol. The van der Waals surface area contributed by atoms with Crippen LogP contribution in [0.4, 0.5) is 19.0 Å². The first-order valence-electron chi connectivity index (χ1n) is 15.6. The lowest BCUT2D eigenvalue weighted by Gasteiger charge is -2.33. The molecule has 3 aliphatic heterocycles. The Kier molecular flexibility index (Phi) is 12.0. The van der Waals surface area contributed by atoms with Gasteiger partial charge in [-0.3, -0.25) is 14.5 Å². The summed E-state index contributed by atoms with van der Waals surface area (Å²) < 4.78 is 38.5. The molecule has 2 N–H and O–H groups in total. The van der Waals surface area contributed by atoms with Crippen LogP contribution in [0.1, 0.15) is 54.9 Å². The quantitative estimate of drug-likeness (QED) is 0.445. The van der Waals surface area contributed by atoms with Crippen LogP contribution in [-0.2, 0) is 11.0 Å². The third-order valence-electron chi connectivity index (χ3n) is 8.82.